The standard InChI is InChI=1S/C16H14ClN3OS/c17-12-5-1-2-6-13(12)18-9-11(21)10-19-16-20-14-7-3-4-8-15(14)22-16/h1-8,18H,9-10H2,(H,19,20). The fourth-order valence-electron chi connectivity index (χ4n) is 1.98. The van der Waals surface area contributed by atoms with Crippen LogP contribution in [0.5, 0.6) is 0 Å². The second-order valence-electron chi connectivity index (χ2n) is 4.71. The summed E-state index contributed by atoms with van der Waals surface area (Å²) in [4.78, 5) is 16.4. The van der Waals surface area contributed by atoms with E-state index in [1.807, 2.05) is 42.5 Å². The predicted molar refractivity (Wildman–Crippen MR) is 93.1 cm³/mol. The fraction of sp³-hybridized carbons (Fsp3) is 0.125. The van der Waals surface area contributed by atoms with Gasteiger partial charge in [-0.3, -0.25) is 4.79 Å². The van der Waals surface area contributed by atoms with Gasteiger partial charge in [0, 0.05) is 0 Å². The van der Waals surface area contributed by atoms with Crippen LogP contribution in [0.4, 0.5) is 10.8 Å². The van der Waals surface area contributed by atoms with Crippen molar-refractivity contribution in [2.45, 2.75) is 0 Å². The Bertz CT molecular complexity index is 770. The molecular weight excluding hydrogens is 318 g/mol. The fourth-order valence-corrected chi connectivity index (χ4v) is 3.05. The minimum absolute atomic E-state index is 0.0409. The van der Waals surface area contributed by atoms with Crippen LogP contribution in [-0.4, -0.2) is 23.9 Å². The Morgan fingerprint density at radius 1 is 1.05 bits per heavy atom. The lowest BCUT2D eigenvalue weighted by Gasteiger charge is -2.07. The van der Waals surface area contributed by atoms with E-state index in [1.165, 1.54) is 0 Å². The van der Waals surface area contributed by atoms with Crippen molar-refractivity contribution in [3.05, 3.63) is 53.6 Å². The first-order valence-corrected chi connectivity index (χ1v) is 8.01. The van der Waals surface area contributed by atoms with Crippen molar-refractivity contribution in [1.29, 1.82) is 0 Å². The molecule has 0 aliphatic heterocycles. The molecule has 0 aliphatic carbocycles. The molecular formula is C16H14ClN3OS. The molecule has 0 radical (unpaired) electrons. The van der Waals surface area contributed by atoms with Crippen LogP contribution in [0.15, 0.2) is 48.5 Å². The van der Waals surface area contributed by atoms with Gasteiger partial charge in [0.25, 0.3) is 0 Å². The highest BCUT2D eigenvalue weighted by atomic mass is 35.5. The van der Waals surface area contributed by atoms with Gasteiger partial charge in [-0.05, 0) is 24.3 Å². The van der Waals surface area contributed by atoms with Crippen LogP contribution in [-0.2, 0) is 4.79 Å². The first-order valence-electron chi connectivity index (χ1n) is 6.82. The number of aromatic nitrogens is 1. The van der Waals surface area contributed by atoms with Gasteiger partial charge < -0.3 is 10.6 Å². The Morgan fingerprint density at radius 3 is 2.59 bits per heavy atom. The first kappa shape index (κ1) is 14.8. The molecule has 112 valence electrons. The van der Waals surface area contributed by atoms with Gasteiger partial charge in [-0.15, -0.1) is 0 Å². The van der Waals surface area contributed by atoms with E-state index >= 15 is 0 Å². The number of anilines is 2. The smallest absolute Gasteiger partial charge is 0.184 e. The largest absolute Gasteiger partial charge is 0.377 e. The van der Waals surface area contributed by atoms with Crippen molar-refractivity contribution >= 4 is 49.8 Å². The van der Waals surface area contributed by atoms with Crippen LogP contribution >= 0.6 is 22.9 Å². The van der Waals surface area contributed by atoms with Crippen molar-refractivity contribution in [2.24, 2.45) is 0 Å². The molecule has 0 aliphatic rings. The van der Waals surface area contributed by atoms with E-state index in [4.69, 9.17) is 11.6 Å². The zero-order valence-electron chi connectivity index (χ0n) is 11.7. The van der Waals surface area contributed by atoms with E-state index in [1.54, 1.807) is 17.4 Å². The molecule has 0 unspecified atom stereocenters. The summed E-state index contributed by atoms with van der Waals surface area (Å²) in [6.07, 6.45) is 0. The molecule has 0 spiro atoms. The average molecular weight is 332 g/mol. The monoisotopic (exact) mass is 331 g/mol. The molecule has 6 heteroatoms. The molecule has 2 aromatic carbocycles. The number of halogens is 1. The van der Waals surface area contributed by atoms with E-state index in [9.17, 15) is 4.79 Å². The summed E-state index contributed by atoms with van der Waals surface area (Å²) in [7, 11) is 0. The second kappa shape index (κ2) is 6.77. The quantitative estimate of drug-likeness (QED) is 0.715. The van der Waals surface area contributed by atoms with E-state index in [0.29, 0.717) is 5.02 Å². The maximum absolute atomic E-state index is 11.9. The van der Waals surface area contributed by atoms with Gasteiger partial charge >= 0.3 is 0 Å². The lowest BCUT2D eigenvalue weighted by Crippen LogP contribution is -2.22. The minimum Gasteiger partial charge on any atom is -0.377 e. The van der Waals surface area contributed by atoms with E-state index in [0.717, 1.165) is 21.0 Å². The summed E-state index contributed by atoms with van der Waals surface area (Å²) in [6, 6.07) is 15.2. The summed E-state index contributed by atoms with van der Waals surface area (Å²) < 4.78 is 1.10. The van der Waals surface area contributed by atoms with E-state index in [2.05, 4.69) is 15.6 Å². The van der Waals surface area contributed by atoms with Crippen molar-refractivity contribution < 1.29 is 4.79 Å². The number of benzene rings is 2. The summed E-state index contributed by atoms with van der Waals surface area (Å²) in [5.74, 6) is 0.0409. The SMILES string of the molecule is O=C(CNc1nc2ccccc2s1)CNc1ccccc1Cl. The topological polar surface area (TPSA) is 54.0 Å². The Kier molecular flexibility index (Phi) is 4.56. The summed E-state index contributed by atoms with van der Waals surface area (Å²) in [5.41, 5.74) is 1.70. The summed E-state index contributed by atoms with van der Waals surface area (Å²) in [6.45, 7) is 0.457. The summed E-state index contributed by atoms with van der Waals surface area (Å²) >= 11 is 7.57. The van der Waals surface area contributed by atoms with Crippen molar-refractivity contribution in [3.63, 3.8) is 0 Å². The van der Waals surface area contributed by atoms with Crippen molar-refractivity contribution in [2.75, 3.05) is 23.7 Å². The number of Topliss-reactive ketones (excluding diaryl/α,β-unsaturated/α-hetero) is 1. The van der Waals surface area contributed by atoms with E-state index < -0.39 is 0 Å². The number of ketones is 1. The zero-order chi connectivity index (χ0) is 15.4. The molecule has 1 heterocycles. The number of nitrogens with zero attached hydrogens (tertiary/aromatic N) is 1. The first-order chi connectivity index (χ1) is 10.7. The number of carbonyl (C=O) groups excluding carboxylic acids is 1. The Labute approximate surface area is 137 Å². The molecule has 0 bridgehead atoms. The molecule has 2 N–H and O–H groups in total. The van der Waals surface area contributed by atoms with E-state index in [-0.39, 0.29) is 18.9 Å². The minimum atomic E-state index is 0.0409. The van der Waals surface area contributed by atoms with Gasteiger partial charge in [0.1, 0.15) is 0 Å². The highest BCUT2D eigenvalue weighted by molar-refractivity contribution is 7.22. The predicted octanol–water partition coefficient (Wildman–Crippen LogP) is 4.04. The molecule has 0 fully saturated rings. The van der Waals surface area contributed by atoms with Crippen LogP contribution in [0, 0.1) is 0 Å². The Hall–Kier alpha value is -2.11. The molecule has 1 aromatic heterocycles. The lowest BCUT2D eigenvalue weighted by molar-refractivity contribution is -0.115. The number of carbonyl (C=O) groups is 1. The van der Waals surface area contributed by atoms with Gasteiger partial charge in [-0.25, -0.2) is 4.98 Å². The Balaban J connectivity index is 1.53. The molecule has 4 nitrogen and oxygen atoms in total. The maximum Gasteiger partial charge on any atom is 0.184 e. The van der Waals surface area contributed by atoms with Gasteiger partial charge in [-0.2, -0.15) is 0 Å². The number of nitrogens with one attached hydrogen (secondary N) is 2. The number of thiazole rings is 1. The third-order valence-corrected chi connectivity index (χ3v) is 4.40. The summed E-state index contributed by atoms with van der Waals surface area (Å²) in [5, 5.41) is 7.47. The molecule has 3 aromatic rings. The van der Waals surface area contributed by atoms with Gasteiger partial charge in [-0.1, -0.05) is 47.2 Å². The normalized spacial score (nSPS) is 10.6. The van der Waals surface area contributed by atoms with Crippen LogP contribution in [0.3, 0.4) is 0 Å². The highest BCUT2D eigenvalue weighted by Crippen LogP contribution is 2.25. The van der Waals surface area contributed by atoms with Gasteiger partial charge in [0.05, 0.1) is 34.0 Å². The second-order valence-corrected chi connectivity index (χ2v) is 6.15. The number of fused-ring (bicyclic) bond motifs is 1. The average Bonchev–Trinajstić information content (AvgIpc) is 2.95. The third-order valence-electron chi connectivity index (χ3n) is 3.08. The molecule has 0 atom stereocenters. The lowest BCUT2D eigenvalue weighted by atomic mass is 10.3. The van der Waals surface area contributed by atoms with Crippen LogP contribution in [0.25, 0.3) is 10.2 Å². The molecule has 3 rings (SSSR count). The zero-order valence-corrected chi connectivity index (χ0v) is 13.2. The Morgan fingerprint density at radius 2 is 1.77 bits per heavy atom. The molecule has 22 heavy (non-hydrogen) atoms. The highest BCUT2D eigenvalue weighted by Gasteiger charge is 2.06. The van der Waals surface area contributed by atoms with Gasteiger partial charge in [0.2, 0.25) is 0 Å². The third kappa shape index (κ3) is 3.55. The number of hydrogen-bond donors (Lipinski definition) is 2. The van der Waals surface area contributed by atoms with Crippen molar-refractivity contribution in [3.8, 4) is 0 Å². The molecule has 0 amide bonds. The molecule has 0 saturated carbocycles. The van der Waals surface area contributed by atoms with Crippen LogP contribution in [0.2, 0.25) is 5.02 Å². The molecule has 0 saturated heterocycles. The maximum atomic E-state index is 11.9. The number of rotatable bonds is 6. The number of hydrogen-bond acceptors (Lipinski definition) is 5. The van der Waals surface area contributed by atoms with Crippen LogP contribution < -0.4 is 10.6 Å². The number of para-hydroxylation sites is 2. The van der Waals surface area contributed by atoms with Crippen LogP contribution in [0.1, 0.15) is 0 Å². The van der Waals surface area contributed by atoms with Crippen molar-refractivity contribution in [1.82, 2.24) is 4.98 Å². The van der Waals surface area contributed by atoms with Gasteiger partial charge in [0.15, 0.2) is 10.9 Å².